The van der Waals surface area contributed by atoms with Crippen molar-refractivity contribution in [2.45, 2.75) is 52.1 Å². The quantitative estimate of drug-likeness (QED) is 0.441. The van der Waals surface area contributed by atoms with Crippen molar-refractivity contribution in [1.82, 2.24) is 0 Å². The average molecular weight is 210 g/mol. The van der Waals surface area contributed by atoms with Gasteiger partial charge in [-0.15, -0.1) is 0 Å². The van der Waals surface area contributed by atoms with Crippen LogP contribution in [0.4, 0.5) is 0 Å². The SMILES string of the molecule is B.CCCCC([O-])C(=O)CCC.[K+]. The molecule has 0 aromatic carbocycles. The van der Waals surface area contributed by atoms with Gasteiger partial charge in [0.1, 0.15) is 5.78 Å². The van der Waals surface area contributed by atoms with E-state index < -0.39 is 6.10 Å². The molecule has 0 saturated heterocycles. The first-order chi connectivity index (χ1) is 5.22. The van der Waals surface area contributed by atoms with E-state index in [4.69, 9.17) is 0 Å². The Morgan fingerprint density at radius 3 is 2.23 bits per heavy atom. The summed E-state index contributed by atoms with van der Waals surface area (Å²) in [4.78, 5) is 10.9. The number of rotatable bonds is 6. The Bertz CT molecular complexity index is 120. The second kappa shape index (κ2) is 13.3. The fourth-order valence-corrected chi connectivity index (χ4v) is 0.958. The monoisotopic (exact) mass is 210 g/mol. The molecule has 0 bridgehead atoms. The summed E-state index contributed by atoms with van der Waals surface area (Å²) in [5, 5.41) is 11.0. The third-order valence-electron chi connectivity index (χ3n) is 1.68. The largest absolute Gasteiger partial charge is 1.00 e. The van der Waals surface area contributed by atoms with Gasteiger partial charge in [0, 0.05) is 6.42 Å². The molecule has 0 aliphatic carbocycles. The maximum absolute atomic E-state index is 11.0. The maximum Gasteiger partial charge on any atom is 1.00 e. The standard InChI is InChI=1S/C9H17O2.BH3.K/c1-3-5-7-9(11)8(10)6-4-2;;/h9H,3-7H2,1-2H3;1H3;/q-1;;+1. The molecule has 0 aliphatic rings. The summed E-state index contributed by atoms with van der Waals surface area (Å²) in [6.07, 6.45) is 2.70. The van der Waals surface area contributed by atoms with Gasteiger partial charge in [-0.05, 0) is 6.42 Å². The third kappa shape index (κ3) is 11.3. The minimum atomic E-state index is -0.949. The van der Waals surface area contributed by atoms with Crippen LogP contribution in [0.25, 0.3) is 0 Å². The first kappa shape index (κ1) is 19.8. The normalized spacial score (nSPS) is 11.0. The number of Topliss-reactive ketones (excluding diaryl/α,β-unsaturated/α-hetero) is 1. The van der Waals surface area contributed by atoms with Crippen LogP contribution in [0.1, 0.15) is 46.0 Å². The Morgan fingerprint density at radius 2 is 1.85 bits per heavy atom. The van der Waals surface area contributed by atoms with Crippen LogP contribution >= 0.6 is 0 Å². The molecule has 0 rings (SSSR count). The van der Waals surface area contributed by atoms with Gasteiger partial charge >= 0.3 is 51.4 Å². The van der Waals surface area contributed by atoms with Crippen molar-refractivity contribution < 1.29 is 61.3 Å². The van der Waals surface area contributed by atoms with Crippen LogP contribution in [0, 0.1) is 0 Å². The van der Waals surface area contributed by atoms with Crippen molar-refractivity contribution in [3.05, 3.63) is 0 Å². The molecule has 0 spiro atoms. The molecular formula is C9H20BKO2. The molecule has 72 valence electrons. The van der Waals surface area contributed by atoms with Crippen molar-refractivity contribution in [1.29, 1.82) is 0 Å². The molecule has 0 N–H and O–H groups in total. The molecule has 0 fully saturated rings. The van der Waals surface area contributed by atoms with E-state index in [-0.39, 0.29) is 65.6 Å². The smallest absolute Gasteiger partial charge is 0.846 e. The molecule has 0 aliphatic heterocycles. The number of unbranched alkanes of at least 4 members (excludes halogenated alkanes) is 1. The minimum absolute atomic E-state index is 0. The molecule has 2 nitrogen and oxygen atoms in total. The Hall–Kier alpha value is 1.33. The van der Waals surface area contributed by atoms with E-state index in [0.29, 0.717) is 12.8 Å². The Kier molecular flexibility index (Phi) is 20.3. The summed E-state index contributed by atoms with van der Waals surface area (Å²) in [6, 6.07) is 0. The molecule has 13 heavy (non-hydrogen) atoms. The van der Waals surface area contributed by atoms with Crippen molar-refractivity contribution in [2.24, 2.45) is 0 Å². The van der Waals surface area contributed by atoms with Crippen LogP contribution < -0.4 is 56.5 Å². The van der Waals surface area contributed by atoms with Gasteiger partial charge in [0.15, 0.2) is 0 Å². The molecule has 1 atom stereocenters. The predicted molar refractivity (Wildman–Crippen MR) is 53.2 cm³/mol. The molecule has 0 amide bonds. The molecule has 4 heteroatoms. The first-order valence-electron chi connectivity index (χ1n) is 4.40. The summed E-state index contributed by atoms with van der Waals surface area (Å²) in [5.74, 6) is -0.110. The second-order valence-electron chi connectivity index (χ2n) is 2.85. The Balaban J connectivity index is -0.000000500. The van der Waals surface area contributed by atoms with Crippen LogP contribution in [0.2, 0.25) is 0 Å². The van der Waals surface area contributed by atoms with Crippen molar-refractivity contribution in [2.75, 3.05) is 0 Å². The third-order valence-corrected chi connectivity index (χ3v) is 1.68. The van der Waals surface area contributed by atoms with E-state index in [1.807, 2.05) is 13.8 Å². The van der Waals surface area contributed by atoms with Crippen LogP contribution in [0.5, 0.6) is 0 Å². The number of hydrogen-bond acceptors (Lipinski definition) is 2. The van der Waals surface area contributed by atoms with Gasteiger partial charge in [0.05, 0.1) is 8.41 Å². The van der Waals surface area contributed by atoms with Crippen LogP contribution in [-0.4, -0.2) is 20.3 Å². The van der Waals surface area contributed by atoms with E-state index in [0.717, 1.165) is 19.3 Å². The molecule has 0 saturated carbocycles. The number of hydrogen-bond donors (Lipinski definition) is 0. The van der Waals surface area contributed by atoms with E-state index in [1.54, 1.807) is 0 Å². The molecule has 0 heterocycles. The summed E-state index contributed by atoms with van der Waals surface area (Å²) in [7, 11) is 0. The summed E-state index contributed by atoms with van der Waals surface area (Å²) in [5.41, 5.74) is 0. The van der Waals surface area contributed by atoms with Gasteiger partial charge in [-0.2, -0.15) is 0 Å². The van der Waals surface area contributed by atoms with E-state index in [2.05, 4.69) is 0 Å². The zero-order valence-electron chi connectivity index (χ0n) is 8.43. The summed E-state index contributed by atoms with van der Waals surface area (Å²) < 4.78 is 0. The maximum atomic E-state index is 11.0. The van der Waals surface area contributed by atoms with Gasteiger partial charge in [-0.3, -0.25) is 0 Å². The van der Waals surface area contributed by atoms with Crippen molar-refractivity contribution >= 4 is 14.2 Å². The average Bonchev–Trinajstić information content (AvgIpc) is 2.00. The zero-order valence-corrected chi connectivity index (χ0v) is 11.6. The van der Waals surface area contributed by atoms with Crippen LogP contribution in [0.3, 0.4) is 0 Å². The van der Waals surface area contributed by atoms with Gasteiger partial charge in [0.25, 0.3) is 0 Å². The molecular weight excluding hydrogens is 190 g/mol. The Morgan fingerprint density at radius 1 is 1.31 bits per heavy atom. The summed E-state index contributed by atoms with van der Waals surface area (Å²) in [6.45, 7) is 3.95. The fourth-order valence-electron chi connectivity index (χ4n) is 0.958. The Labute approximate surface area is 126 Å². The van der Waals surface area contributed by atoms with E-state index >= 15 is 0 Å². The second-order valence-corrected chi connectivity index (χ2v) is 2.85. The van der Waals surface area contributed by atoms with Crippen LogP contribution in [0.15, 0.2) is 0 Å². The molecule has 1 unspecified atom stereocenters. The first-order valence-corrected chi connectivity index (χ1v) is 4.40. The van der Waals surface area contributed by atoms with Gasteiger partial charge in [0.2, 0.25) is 0 Å². The van der Waals surface area contributed by atoms with Gasteiger partial charge < -0.3 is 9.90 Å². The van der Waals surface area contributed by atoms with Gasteiger partial charge in [-0.25, -0.2) is 0 Å². The predicted octanol–water partition coefficient (Wildman–Crippen LogP) is -2.91. The van der Waals surface area contributed by atoms with Crippen molar-refractivity contribution in [3.8, 4) is 0 Å². The molecule has 0 aromatic heterocycles. The van der Waals surface area contributed by atoms with E-state index in [1.165, 1.54) is 0 Å². The number of carbonyl (C=O) groups excluding carboxylic acids is 1. The summed E-state index contributed by atoms with van der Waals surface area (Å²) >= 11 is 0. The van der Waals surface area contributed by atoms with E-state index in [9.17, 15) is 9.90 Å². The zero-order chi connectivity index (χ0) is 8.69. The minimum Gasteiger partial charge on any atom is -0.846 e. The molecule has 0 aromatic rings. The number of ketones is 1. The fraction of sp³-hybridized carbons (Fsp3) is 0.889. The molecule has 0 radical (unpaired) electrons. The topological polar surface area (TPSA) is 40.1 Å². The van der Waals surface area contributed by atoms with Crippen LogP contribution in [-0.2, 0) is 4.79 Å². The van der Waals surface area contributed by atoms with Gasteiger partial charge in [-0.1, -0.05) is 39.2 Å². The van der Waals surface area contributed by atoms with Crippen molar-refractivity contribution in [3.63, 3.8) is 0 Å². The number of carbonyl (C=O) groups is 1.